The second-order valence-electron chi connectivity index (χ2n) is 8.36. The SMILES string of the molecule is CC(C)CCc1nnc(CCC(=O)CCc2cccc3cn[nH]c23)n1C1CC1. The lowest BCUT2D eigenvalue weighted by Crippen LogP contribution is -2.10. The number of para-hydroxylation sites is 1. The Labute approximate surface area is 165 Å². The molecule has 6 heteroatoms. The third-order valence-corrected chi connectivity index (χ3v) is 5.56. The quantitative estimate of drug-likeness (QED) is 0.572. The first-order valence-electron chi connectivity index (χ1n) is 10.5. The molecule has 4 rings (SSSR count). The molecule has 0 aliphatic heterocycles. The van der Waals surface area contributed by atoms with Crippen molar-refractivity contribution in [2.24, 2.45) is 5.92 Å². The number of H-pyrrole nitrogens is 1. The minimum atomic E-state index is 0.283. The highest BCUT2D eigenvalue weighted by atomic mass is 16.1. The molecular formula is C22H29N5O. The Kier molecular flexibility index (Phi) is 5.55. The summed E-state index contributed by atoms with van der Waals surface area (Å²) >= 11 is 0. The Morgan fingerprint density at radius 3 is 2.64 bits per heavy atom. The molecule has 1 aliphatic carbocycles. The molecule has 148 valence electrons. The number of nitrogens with zero attached hydrogens (tertiary/aromatic N) is 4. The number of hydrogen-bond acceptors (Lipinski definition) is 4. The van der Waals surface area contributed by atoms with Gasteiger partial charge in [-0.15, -0.1) is 10.2 Å². The van der Waals surface area contributed by atoms with Gasteiger partial charge in [0, 0.05) is 37.1 Å². The van der Waals surface area contributed by atoms with Gasteiger partial charge in [-0.2, -0.15) is 5.10 Å². The zero-order valence-electron chi connectivity index (χ0n) is 16.8. The Morgan fingerprint density at radius 1 is 1.14 bits per heavy atom. The van der Waals surface area contributed by atoms with Crippen LogP contribution in [-0.2, 0) is 24.1 Å². The van der Waals surface area contributed by atoms with Crippen molar-refractivity contribution in [1.29, 1.82) is 0 Å². The van der Waals surface area contributed by atoms with Crippen molar-refractivity contribution in [3.63, 3.8) is 0 Å². The van der Waals surface area contributed by atoms with E-state index in [0.29, 0.717) is 31.2 Å². The molecule has 0 bridgehead atoms. The highest BCUT2D eigenvalue weighted by Crippen LogP contribution is 2.37. The zero-order valence-corrected chi connectivity index (χ0v) is 16.8. The van der Waals surface area contributed by atoms with Crippen LogP contribution in [0.15, 0.2) is 24.4 Å². The van der Waals surface area contributed by atoms with E-state index in [0.717, 1.165) is 47.4 Å². The molecule has 1 aliphatic rings. The molecule has 2 aromatic heterocycles. The Hall–Kier alpha value is -2.50. The fourth-order valence-corrected chi connectivity index (χ4v) is 3.76. The van der Waals surface area contributed by atoms with Crippen LogP contribution in [0.2, 0.25) is 0 Å². The van der Waals surface area contributed by atoms with Crippen LogP contribution in [-0.4, -0.2) is 30.7 Å². The number of ketones is 1. The average molecular weight is 380 g/mol. The number of benzene rings is 1. The largest absolute Gasteiger partial charge is 0.312 e. The highest BCUT2D eigenvalue weighted by molar-refractivity contribution is 5.83. The number of Topliss-reactive ketones (excluding diaryl/α,β-unsaturated/α-hetero) is 1. The van der Waals surface area contributed by atoms with Crippen LogP contribution in [0.4, 0.5) is 0 Å². The predicted molar refractivity (Wildman–Crippen MR) is 109 cm³/mol. The minimum absolute atomic E-state index is 0.283. The molecule has 0 atom stereocenters. The van der Waals surface area contributed by atoms with Crippen LogP contribution in [0.25, 0.3) is 10.9 Å². The fraction of sp³-hybridized carbons (Fsp3) is 0.545. The van der Waals surface area contributed by atoms with E-state index in [1.54, 1.807) is 0 Å². The normalized spacial score (nSPS) is 14.2. The van der Waals surface area contributed by atoms with Gasteiger partial charge >= 0.3 is 0 Å². The lowest BCUT2D eigenvalue weighted by Gasteiger charge is -2.10. The zero-order chi connectivity index (χ0) is 19.5. The summed E-state index contributed by atoms with van der Waals surface area (Å²) in [6.07, 6.45) is 8.87. The number of aryl methyl sites for hydroxylation is 3. The van der Waals surface area contributed by atoms with Crippen LogP contribution >= 0.6 is 0 Å². The number of carbonyl (C=O) groups excluding carboxylic acids is 1. The first-order chi connectivity index (χ1) is 13.6. The van der Waals surface area contributed by atoms with Gasteiger partial charge in [-0.05, 0) is 37.2 Å². The number of aromatic nitrogens is 5. The number of rotatable bonds is 10. The summed E-state index contributed by atoms with van der Waals surface area (Å²) in [6.45, 7) is 4.47. The van der Waals surface area contributed by atoms with Crippen LogP contribution in [0.1, 0.15) is 69.2 Å². The first-order valence-corrected chi connectivity index (χ1v) is 10.5. The molecule has 3 aromatic rings. The maximum absolute atomic E-state index is 12.5. The second kappa shape index (κ2) is 8.25. The van der Waals surface area contributed by atoms with Gasteiger partial charge in [0.05, 0.1) is 11.7 Å². The maximum Gasteiger partial charge on any atom is 0.133 e. The molecule has 1 fully saturated rings. The molecule has 0 spiro atoms. The molecule has 0 radical (unpaired) electrons. The number of fused-ring (bicyclic) bond motifs is 1. The maximum atomic E-state index is 12.5. The van der Waals surface area contributed by atoms with Crippen molar-refractivity contribution < 1.29 is 4.79 Å². The highest BCUT2D eigenvalue weighted by Gasteiger charge is 2.29. The van der Waals surface area contributed by atoms with Gasteiger partial charge in [-0.1, -0.05) is 32.0 Å². The minimum Gasteiger partial charge on any atom is -0.312 e. The molecule has 0 amide bonds. The van der Waals surface area contributed by atoms with E-state index in [1.165, 1.54) is 12.8 Å². The lowest BCUT2D eigenvalue weighted by atomic mass is 10.0. The molecule has 1 saturated carbocycles. The van der Waals surface area contributed by atoms with Gasteiger partial charge in [-0.3, -0.25) is 9.89 Å². The Balaban J connectivity index is 1.34. The summed E-state index contributed by atoms with van der Waals surface area (Å²) in [5.74, 6) is 3.04. The van der Waals surface area contributed by atoms with Crippen molar-refractivity contribution in [3.05, 3.63) is 41.6 Å². The van der Waals surface area contributed by atoms with E-state index in [4.69, 9.17) is 0 Å². The summed E-state index contributed by atoms with van der Waals surface area (Å²) in [7, 11) is 0. The van der Waals surface area contributed by atoms with E-state index < -0.39 is 0 Å². The van der Waals surface area contributed by atoms with E-state index in [1.807, 2.05) is 18.3 Å². The van der Waals surface area contributed by atoms with Crippen LogP contribution in [0, 0.1) is 5.92 Å². The summed E-state index contributed by atoms with van der Waals surface area (Å²) in [4.78, 5) is 12.5. The van der Waals surface area contributed by atoms with E-state index in [9.17, 15) is 4.79 Å². The topological polar surface area (TPSA) is 76.5 Å². The van der Waals surface area contributed by atoms with Crippen LogP contribution < -0.4 is 0 Å². The smallest absolute Gasteiger partial charge is 0.133 e. The van der Waals surface area contributed by atoms with Gasteiger partial charge in [0.2, 0.25) is 0 Å². The van der Waals surface area contributed by atoms with Crippen LogP contribution in [0.5, 0.6) is 0 Å². The van der Waals surface area contributed by atoms with Gasteiger partial charge in [-0.25, -0.2) is 0 Å². The summed E-state index contributed by atoms with van der Waals surface area (Å²) in [5.41, 5.74) is 2.19. The van der Waals surface area contributed by atoms with Crippen molar-refractivity contribution >= 4 is 16.7 Å². The second-order valence-corrected chi connectivity index (χ2v) is 8.36. The lowest BCUT2D eigenvalue weighted by molar-refractivity contribution is -0.119. The Bertz CT molecular complexity index is 951. The van der Waals surface area contributed by atoms with Crippen molar-refractivity contribution in [2.75, 3.05) is 0 Å². The molecule has 6 nitrogen and oxygen atoms in total. The van der Waals surface area contributed by atoms with E-state index in [-0.39, 0.29) is 5.78 Å². The molecule has 1 aromatic carbocycles. The number of hydrogen-bond donors (Lipinski definition) is 1. The van der Waals surface area contributed by atoms with Gasteiger partial charge < -0.3 is 4.57 Å². The van der Waals surface area contributed by atoms with E-state index in [2.05, 4.69) is 44.9 Å². The molecule has 0 unspecified atom stereocenters. The molecule has 2 heterocycles. The van der Waals surface area contributed by atoms with Gasteiger partial charge in [0.15, 0.2) is 0 Å². The van der Waals surface area contributed by atoms with Crippen molar-refractivity contribution in [3.8, 4) is 0 Å². The number of aromatic amines is 1. The molecule has 0 saturated heterocycles. The number of carbonyl (C=O) groups is 1. The molecule has 1 N–H and O–H groups in total. The van der Waals surface area contributed by atoms with Crippen molar-refractivity contribution in [1.82, 2.24) is 25.0 Å². The summed E-state index contributed by atoms with van der Waals surface area (Å²) in [5, 5.41) is 17.1. The third kappa shape index (κ3) is 4.32. The Morgan fingerprint density at radius 2 is 1.89 bits per heavy atom. The average Bonchev–Trinajstić information content (AvgIpc) is 3.25. The number of nitrogens with one attached hydrogen (secondary N) is 1. The molecule has 28 heavy (non-hydrogen) atoms. The first kappa shape index (κ1) is 18.8. The van der Waals surface area contributed by atoms with Crippen LogP contribution in [0.3, 0.4) is 0 Å². The van der Waals surface area contributed by atoms with Gasteiger partial charge in [0.25, 0.3) is 0 Å². The van der Waals surface area contributed by atoms with Crippen molar-refractivity contribution in [2.45, 2.75) is 71.3 Å². The fourth-order valence-electron chi connectivity index (χ4n) is 3.76. The van der Waals surface area contributed by atoms with Gasteiger partial charge in [0.1, 0.15) is 17.4 Å². The molecular weight excluding hydrogens is 350 g/mol. The van der Waals surface area contributed by atoms with E-state index >= 15 is 0 Å². The summed E-state index contributed by atoms with van der Waals surface area (Å²) < 4.78 is 2.32. The third-order valence-electron chi connectivity index (χ3n) is 5.56. The monoisotopic (exact) mass is 379 g/mol. The standard InChI is InChI=1S/C22H29N5O/c1-15(2)6-12-20-24-25-21(27(20)18-8-9-18)13-11-19(28)10-7-16-4-3-5-17-14-23-26-22(16)17/h3-5,14-15,18H,6-13H2,1-2H3,(H,23,26). The summed E-state index contributed by atoms with van der Waals surface area (Å²) in [6, 6.07) is 6.68. The predicted octanol–water partition coefficient (Wildman–Crippen LogP) is 4.21.